The Bertz CT molecular complexity index is 706. The van der Waals surface area contributed by atoms with E-state index < -0.39 is 0 Å². The molecule has 0 saturated carbocycles. The number of nitrogens with one attached hydrogen (secondary N) is 2. The summed E-state index contributed by atoms with van der Waals surface area (Å²) >= 11 is 0. The summed E-state index contributed by atoms with van der Waals surface area (Å²) in [7, 11) is 3.23. The van der Waals surface area contributed by atoms with Crippen LogP contribution in [-0.2, 0) is 6.42 Å². The van der Waals surface area contributed by atoms with Gasteiger partial charge in [0.15, 0.2) is 17.5 Å². The quantitative estimate of drug-likeness (QED) is 0.593. The molecule has 0 aliphatic rings. The largest absolute Gasteiger partial charge is 0.493 e. The third-order valence-corrected chi connectivity index (χ3v) is 3.80. The Hall–Kier alpha value is -2.70. The van der Waals surface area contributed by atoms with Crippen LogP contribution < -0.4 is 20.1 Å². The number of methoxy groups -OCH3 is 2. The lowest BCUT2D eigenvalue weighted by molar-refractivity contribution is 0.355. The van der Waals surface area contributed by atoms with E-state index in [0.717, 1.165) is 35.7 Å². The van der Waals surface area contributed by atoms with Crippen molar-refractivity contribution in [1.29, 1.82) is 0 Å². The van der Waals surface area contributed by atoms with Crippen LogP contribution >= 0.6 is 0 Å². The molecule has 0 fully saturated rings. The van der Waals surface area contributed by atoms with Crippen molar-refractivity contribution in [3.63, 3.8) is 0 Å². The number of guanidine groups is 1. The summed E-state index contributed by atoms with van der Waals surface area (Å²) < 4.78 is 15.8. The van der Waals surface area contributed by atoms with Crippen LogP contribution in [0.15, 0.2) is 27.7 Å². The first-order valence-corrected chi connectivity index (χ1v) is 8.28. The molecule has 0 atom stereocenters. The fourth-order valence-electron chi connectivity index (χ4n) is 2.50. The lowest BCUT2D eigenvalue weighted by Gasteiger charge is -2.13. The Balaban J connectivity index is 2.07. The number of rotatable bonds is 7. The molecule has 7 nitrogen and oxygen atoms in total. The minimum atomic E-state index is 0.630. The SMILES string of the molecule is CCNC(=NCCc1c(C)noc1C)Nc1ccc(OC)c(OC)c1. The van der Waals surface area contributed by atoms with Gasteiger partial charge in [-0.1, -0.05) is 5.16 Å². The zero-order valence-corrected chi connectivity index (χ0v) is 15.5. The topological polar surface area (TPSA) is 80.9 Å². The first-order valence-electron chi connectivity index (χ1n) is 8.28. The van der Waals surface area contributed by atoms with Crippen molar-refractivity contribution < 1.29 is 14.0 Å². The highest BCUT2D eigenvalue weighted by Gasteiger charge is 2.09. The average Bonchev–Trinajstić information content (AvgIpc) is 2.93. The Labute approximate surface area is 148 Å². The molecule has 1 aromatic heterocycles. The summed E-state index contributed by atoms with van der Waals surface area (Å²) in [6.45, 7) is 7.30. The molecule has 2 N–H and O–H groups in total. The molecule has 0 spiro atoms. The maximum Gasteiger partial charge on any atom is 0.195 e. The van der Waals surface area contributed by atoms with E-state index in [1.165, 1.54) is 0 Å². The number of anilines is 1. The van der Waals surface area contributed by atoms with E-state index in [4.69, 9.17) is 14.0 Å². The predicted molar refractivity (Wildman–Crippen MR) is 98.8 cm³/mol. The third kappa shape index (κ3) is 4.89. The van der Waals surface area contributed by atoms with E-state index in [-0.39, 0.29) is 0 Å². The van der Waals surface area contributed by atoms with Crippen LogP contribution in [0.4, 0.5) is 5.69 Å². The number of aliphatic imine (C=N–C) groups is 1. The molecule has 7 heteroatoms. The van der Waals surface area contributed by atoms with Crippen LogP contribution in [0.2, 0.25) is 0 Å². The highest BCUT2D eigenvalue weighted by Crippen LogP contribution is 2.29. The van der Waals surface area contributed by atoms with Crippen molar-refractivity contribution in [2.75, 3.05) is 32.6 Å². The summed E-state index contributed by atoms with van der Waals surface area (Å²) in [5.74, 6) is 2.92. The van der Waals surface area contributed by atoms with Crippen molar-refractivity contribution in [3.8, 4) is 11.5 Å². The van der Waals surface area contributed by atoms with Gasteiger partial charge in [0.25, 0.3) is 0 Å². The van der Waals surface area contributed by atoms with Crippen LogP contribution in [-0.4, -0.2) is 38.4 Å². The molecule has 2 aromatic rings. The van der Waals surface area contributed by atoms with Gasteiger partial charge in [-0.05, 0) is 39.3 Å². The molecular weight excluding hydrogens is 320 g/mol. The zero-order chi connectivity index (χ0) is 18.2. The highest BCUT2D eigenvalue weighted by molar-refractivity contribution is 5.93. The van der Waals surface area contributed by atoms with Gasteiger partial charge in [0, 0.05) is 30.4 Å². The first-order chi connectivity index (χ1) is 12.1. The van der Waals surface area contributed by atoms with Crippen molar-refractivity contribution in [3.05, 3.63) is 35.2 Å². The predicted octanol–water partition coefficient (Wildman–Crippen LogP) is 2.93. The number of hydrogen-bond donors (Lipinski definition) is 2. The molecule has 1 heterocycles. The van der Waals surface area contributed by atoms with Crippen LogP contribution in [0.5, 0.6) is 11.5 Å². The second-order valence-electron chi connectivity index (χ2n) is 5.51. The number of aromatic nitrogens is 1. The van der Waals surface area contributed by atoms with Gasteiger partial charge < -0.3 is 24.6 Å². The molecule has 0 saturated heterocycles. The van der Waals surface area contributed by atoms with E-state index in [1.54, 1.807) is 14.2 Å². The lowest BCUT2D eigenvalue weighted by atomic mass is 10.1. The molecule has 136 valence electrons. The number of benzene rings is 1. The van der Waals surface area contributed by atoms with E-state index in [2.05, 4.69) is 20.8 Å². The molecule has 0 bridgehead atoms. The minimum Gasteiger partial charge on any atom is -0.493 e. The summed E-state index contributed by atoms with van der Waals surface area (Å²) in [6.07, 6.45) is 0.781. The van der Waals surface area contributed by atoms with E-state index in [0.29, 0.717) is 24.0 Å². The number of nitrogens with zero attached hydrogens (tertiary/aromatic N) is 2. The van der Waals surface area contributed by atoms with Crippen molar-refractivity contribution in [2.24, 2.45) is 4.99 Å². The molecule has 0 unspecified atom stereocenters. The van der Waals surface area contributed by atoms with Crippen LogP contribution in [0.25, 0.3) is 0 Å². The standard InChI is InChI=1S/C18H26N4O3/c1-6-19-18(20-10-9-15-12(2)22-25-13(15)3)21-14-7-8-16(23-4)17(11-14)24-5/h7-8,11H,6,9-10H2,1-5H3,(H2,19,20,21). The van der Waals surface area contributed by atoms with Gasteiger partial charge in [-0.2, -0.15) is 0 Å². The molecule has 0 amide bonds. The average molecular weight is 346 g/mol. The Morgan fingerprint density at radius 3 is 2.56 bits per heavy atom. The molecule has 25 heavy (non-hydrogen) atoms. The van der Waals surface area contributed by atoms with Crippen LogP contribution in [0.1, 0.15) is 23.9 Å². The Kier molecular flexibility index (Phi) is 6.68. The molecule has 2 rings (SSSR count). The molecule has 0 radical (unpaired) electrons. The van der Waals surface area contributed by atoms with E-state index >= 15 is 0 Å². The highest BCUT2D eigenvalue weighted by atomic mass is 16.5. The van der Waals surface area contributed by atoms with Gasteiger partial charge in [0.2, 0.25) is 0 Å². The summed E-state index contributed by atoms with van der Waals surface area (Å²) in [5, 5.41) is 10.5. The van der Waals surface area contributed by atoms with Crippen molar-refractivity contribution in [1.82, 2.24) is 10.5 Å². The molecular formula is C18H26N4O3. The number of ether oxygens (including phenoxy) is 2. The maximum atomic E-state index is 5.33. The van der Waals surface area contributed by atoms with Gasteiger partial charge in [-0.3, -0.25) is 4.99 Å². The van der Waals surface area contributed by atoms with Gasteiger partial charge >= 0.3 is 0 Å². The number of hydrogen-bond acceptors (Lipinski definition) is 5. The smallest absolute Gasteiger partial charge is 0.195 e. The fraction of sp³-hybridized carbons (Fsp3) is 0.444. The lowest BCUT2D eigenvalue weighted by Crippen LogP contribution is -2.30. The first kappa shape index (κ1) is 18.6. The monoisotopic (exact) mass is 346 g/mol. The normalized spacial score (nSPS) is 11.3. The molecule has 1 aromatic carbocycles. The fourth-order valence-corrected chi connectivity index (χ4v) is 2.50. The molecule has 0 aliphatic heterocycles. The second kappa shape index (κ2) is 8.96. The van der Waals surface area contributed by atoms with Crippen LogP contribution in [0.3, 0.4) is 0 Å². The van der Waals surface area contributed by atoms with Gasteiger partial charge in [0.1, 0.15) is 5.76 Å². The van der Waals surface area contributed by atoms with E-state index in [1.807, 2.05) is 39.0 Å². The Morgan fingerprint density at radius 2 is 1.96 bits per heavy atom. The maximum absolute atomic E-state index is 5.33. The zero-order valence-electron chi connectivity index (χ0n) is 15.5. The third-order valence-electron chi connectivity index (χ3n) is 3.80. The van der Waals surface area contributed by atoms with Crippen molar-refractivity contribution in [2.45, 2.75) is 27.2 Å². The van der Waals surface area contributed by atoms with Gasteiger partial charge in [0.05, 0.1) is 19.9 Å². The summed E-state index contributed by atoms with van der Waals surface area (Å²) in [5.41, 5.74) is 2.91. The second-order valence-corrected chi connectivity index (χ2v) is 5.51. The van der Waals surface area contributed by atoms with Crippen LogP contribution in [0, 0.1) is 13.8 Å². The van der Waals surface area contributed by atoms with Crippen molar-refractivity contribution >= 4 is 11.6 Å². The van der Waals surface area contributed by atoms with Gasteiger partial charge in [-0.25, -0.2) is 0 Å². The minimum absolute atomic E-state index is 0.630. The Morgan fingerprint density at radius 1 is 1.20 bits per heavy atom. The van der Waals surface area contributed by atoms with E-state index in [9.17, 15) is 0 Å². The summed E-state index contributed by atoms with van der Waals surface area (Å²) in [4.78, 5) is 4.62. The number of aryl methyl sites for hydroxylation is 2. The van der Waals surface area contributed by atoms with Gasteiger partial charge in [-0.15, -0.1) is 0 Å². The molecule has 0 aliphatic carbocycles. The summed E-state index contributed by atoms with van der Waals surface area (Å²) in [6, 6.07) is 5.65.